The Kier molecular flexibility index (Phi) is 7.97. The number of alkyl halides is 1. The van der Waals surface area contributed by atoms with Gasteiger partial charge in [0.05, 0.1) is 23.9 Å². The predicted molar refractivity (Wildman–Crippen MR) is 134 cm³/mol. The number of aliphatic imine (C=N–C) groups is 1. The minimum Gasteiger partial charge on any atom is -0.462 e. The molecular formula is C25H25ClFN5O4. The van der Waals surface area contributed by atoms with E-state index in [2.05, 4.69) is 20.6 Å². The zero-order chi connectivity index (χ0) is 25.7. The number of anilines is 1. The fourth-order valence-corrected chi connectivity index (χ4v) is 4.18. The van der Waals surface area contributed by atoms with E-state index in [4.69, 9.17) is 27.2 Å². The van der Waals surface area contributed by atoms with E-state index in [0.717, 1.165) is 11.1 Å². The standard InChI is InChI=1S/C25H25ClFN5O4/c26-18-11-15(20-4-3-19(27)23(32-20)25(35)29-7-8-33)9-16-10-17(36-24(16)18)13-31-22(34)6-2-14-1-5-21(28)30-12-14/h1-2,4-6,10-12,16,19,33H,3,7-9,13H2,(H2,28,30)(H,29,35)(H,31,34). The minimum absolute atomic E-state index is 0.0144. The largest absolute Gasteiger partial charge is 0.462 e. The average Bonchev–Trinajstić information content (AvgIpc) is 3.29. The quantitative estimate of drug-likeness (QED) is 0.393. The van der Waals surface area contributed by atoms with Crippen LogP contribution in [0.1, 0.15) is 18.4 Å². The van der Waals surface area contributed by atoms with Crippen molar-refractivity contribution in [3.63, 3.8) is 0 Å². The lowest BCUT2D eigenvalue weighted by Gasteiger charge is -2.22. The van der Waals surface area contributed by atoms with Gasteiger partial charge in [0, 0.05) is 31.2 Å². The van der Waals surface area contributed by atoms with Gasteiger partial charge in [-0.2, -0.15) is 0 Å². The average molecular weight is 514 g/mol. The number of aliphatic hydroxyl groups excluding tert-OH is 1. The van der Waals surface area contributed by atoms with Crippen molar-refractivity contribution in [1.82, 2.24) is 15.6 Å². The number of nitrogens with zero attached hydrogens (tertiary/aromatic N) is 2. The van der Waals surface area contributed by atoms with Crippen molar-refractivity contribution in [2.45, 2.75) is 19.0 Å². The molecule has 0 fully saturated rings. The molecule has 2 atom stereocenters. The van der Waals surface area contributed by atoms with Crippen LogP contribution >= 0.6 is 11.6 Å². The van der Waals surface area contributed by atoms with Crippen LogP contribution in [0.4, 0.5) is 10.2 Å². The number of aromatic nitrogens is 1. The van der Waals surface area contributed by atoms with Crippen LogP contribution in [0.15, 0.2) is 75.4 Å². The Morgan fingerprint density at radius 2 is 2.17 bits per heavy atom. The lowest BCUT2D eigenvalue weighted by Crippen LogP contribution is -2.39. The molecule has 1 aliphatic carbocycles. The molecule has 0 aromatic carbocycles. The maximum atomic E-state index is 14.3. The van der Waals surface area contributed by atoms with Gasteiger partial charge in [0.25, 0.3) is 5.91 Å². The molecule has 0 saturated heterocycles. The zero-order valence-corrected chi connectivity index (χ0v) is 20.0. The first-order valence-electron chi connectivity index (χ1n) is 11.3. The van der Waals surface area contributed by atoms with Crippen LogP contribution in [-0.4, -0.2) is 53.5 Å². The molecule has 3 aliphatic rings. The number of pyridine rings is 1. The molecule has 36 heavy (non-hydrogen) atoms. The number of carbonyl (C=O) groups excluding carboxylic acids is 2. The second-order valence-electron chi connectivity index (χ2n) is 8.26. The highest BCUT2D eigenvalue weighted by Crippen LogP contribution is 2.42. The lowest BCUT2D eigenvalue weighted by molar-refractivity contribution is -0.116. The molecule has 9 nitrogen and oxygen atoms in total. The number of nitrogens with two attached hydrogens (primary N) is 1. The summed E-state index contributed by atoms with van der Waals surface area (Å²) < 4.78 is 20.2. The number of aliphatic hydroxyl groups is 1. The van der Waals surface area contributed by atoms with Gasteiger partial charge in [0.2, 0.25) is 5.91 Å². The van der Waals surface area contributed by atoms with E-state index in [-0.39, 0.29) is 43.7 Å². The van der Waals surface area contributed by atoms with E-state index >= 15 is 0 Å². The summed E-state index contributed by atoms with van der Waals surface area (Å²) >= 11 is 6.46. The fraction of sp³-hybridized carbons (Fsp3) is 0.280. The number of amides is 2. The van der Waals surface area contributed by atoms with Crippen LogP contribution < -0.4 is 16.4 Å². The monoisotopic (exact) mass is 513 g/mol. The van der Waals surface area contributed by atoms with Crippen molar-refractivity contribution in [3.8, 4) is 0 Å². The third kappa shape index (κ3) is 6.07. The number of allylic oxidation sites excluding steroid dienone is 5. The first kappa shape index (κ1) is 25.3. The molecule has 188 valence electrons. The van der Waals surface area contributed by atoms with Gasteiger partial charge in [-0.05, 0) is 47.9 Å². The Morgan fingerprint density at radius 3 is 2.92 bits per heavy atom. The smallest absolute Gasteiger partial charge is 0.268 e. The van der Waals surface area contributed by atoms with Gasteiger partial charge in [0.15, 0.2) is 6.17 Å². The summed E-state index contributed by atoms with van der Waals surface area (Å²) in [5.41, 5.74) is 7.29. The van der Waals surface area contributed by atoms with Crippen molar-refractivity contribution < 1.29 is 23.8 Å². The molecule has 2 unspecified atom stereocenters. The number of nitrogens with one attached hydrogen (secondary N) is 2. The number of rotatable bonds is 8. The molecule has 2 amide bonds. The van der Waals surface area contributed by atoms with E-state index in [0.29, 0.717) is 34.5 Å². The summed E-state index contributed by atoms with van der Waals surface area (Å²) in [4.78, 5) is 32.6. The van der Waals surface area contributed by atoms with Gasteiger partial charge in [-0.3, -0.25) is 9.59 Å². The van der Waals surface area contributed by atoms with Crippen LogP contribution in [0, 0.1) is 5.92 Å². The van der Waals surface area contributed by atoms with Crippen LogP contribution in [-0.2, 0) is 14.3 Å². The first-order chi connectivity index (χ1) is 17.3. The van der Waals surface area contributed by atoms with Crippen LogP contribution in [0.2, 0.25) is 0 Å². The molecule has 0 spiro atoms. The summed E-state index contributed by atoms with van der Waals surface area (Å²) in [6, 6.07) is 3.40. The number of carbonyl (C=O) groups is 2. The topological polar surface area (TPSA) is 139 Å². The fourth-order valence-electron chi connectivity index (χ4n) is 3.87. The summed E-state index contributed by atoms with van der Waals surface area (Å²) in [5.74, 6) is 0.387. The molecule has 11 heteroatoms. The molecule has 0 saturated carbocycles. The highest BCUT2D eigenvalue weighted by molar-refractivity contribution is 6.41. The van der Waals surface area contributed by atoms with Crippen molar-refractivity contribution >= 4 is 41.0 Å². The highest BCUT2D eigenvalue weighted by Gasteiger charge is 2.33. The number of nitrogen functional groups attached to an aromatic ring is 1. The van der Waals surface area contributed by atoms with Gasteiger partial charge in [-0.25, -0.2) is 14.4 Å². The maximum absolute atomic E-state index is 14.3. The molecule has 0 radical (unpaired) electrons. The number of hydrogen-bond donors (Lipinski definition) is 4. The molecule has 1 aromatic rings. The highest BCUT2D eigenvalue weighted by atomic mass is 35.5. The zero-order valence-electron chi connectivity index (χ0n) is 19.2. The second kappa shape index (κ2) is 11.3. The summed E-state index contributed by atoms with van der Waals surface area (Å²) in [7, 11) is 0. The molecule has 4 rings (SSSR count). The predicted octanol–water partition coefficient (Wildman–Crippen LogP) is 2.28. The molecule has 1 aromatic heterocycles. The Labute approximate surface area is 212 Å². The second-order valence-corrected chi connectivity index (χ2v) is 8.67. The van der Waals surface area contributed by atoms with E-state index in [1.165, 1.54) is 6.08 Å². The first-order valence-corrected chi connectivity index (χ1v) is 11.7. The van der Waals surface area contributed by atoms with Crippen LogP contribution in [0.3, 0.4) is 0 Å². The Bertz CT molecular complexity index is 1230. The SMILES string of the molecule is Nc1ccc(C=CC(=O)NCC2=CC3CC(C4=CCC(F)C(C(=O)NCCO)=N4)=CC(Cl)=C3O2)cn1. The van der Waals surface area contributed by atoms with Crippen molar-refractivity contribution in [3.05, 3.63) is 76.0 Å². The van der Waals surface area contributed by atoms with Gasteiger partial charge < -0.3 is 26.2 Å². The molecule has 3 heterocycles. The van der Waals surface area contributed by atoms with Gasteiger partial charge >= 0.3 is 0 Å². The van der Waals surface area contributed by atoms with Crippen molar-refractivity contribution in [2.24, 2.45) is 10.9 Å². The van der Waals surface area contributed by atoms with Gasteiger partial charge in [0.1, 0.15) is 23.0 Å². The summed E-state index contributed by atoms with van der Waals surface area (Å²) in [6.45, 7) is -0.0650. The van der Waals surface area contributed by atoms with Crippen LogP contribution in [0.5, 0.6) is 0 Å². The lowest BCUT2D eigenvalue weighted by atomic mass is 9.90. The van der Waals surface area contributed by atoms with Crippen LogP contribution in [0.25, 0.3) is 6.08 Å². The summed E-state index contributed by atoms with van der Waals surface area (Å²) in [6.07, 6.45) is 8.77. The van der Waals surface area contributed by atoms with Gasteiger partial charge in [-0.1, -0.05) is 17.7 Å². The summed E-state index contributed by atoms with van der Waals surface area (Å²) in [5, 5.41) is 14.5. The Balaban J connectivity index is 1.37. The number of hydrogen-bond acceptors (Lipinski definition) is 7. The molecule has 5 N–H and O–H groups in total. The maximum Gasteiger partial charge on any atom is 0.268 e. The number of halogens is 2. The van der Waals surface area contributed by atoms with Gasteiger partial charge in [-0.15, -0.1) is 0 Å². The number of ether oxygens (including phenoxy) is 1. The number of fused-ring (bicyclic) bond motifs is 1. The van der Waals surface area contributed by atoms with E-state index in [1.54, 1.807) is 36.6 Å². The minimum atomic E-state index is -1.52. The third-order valence-corrected chi connectivity index (χ3v) is 5.92. The van der Waals surface area contributed by atoms with E-state index in [9.17, 15) is 14.0 Å². The third-order valence-electron chi connectivity index (χ3n) is 5.63. The van der Waals surface area contributed by atoms with Crippen molar-refractivity contribution in [2.75, 3.05) is 25.4 Å². The molecule has 2 aliphatic heterocycles. The van der Waals surface area contributed by atoms with E-state index in [1.807, 2.05) is 6.08 Å². The molecule has 0 bridgehead atoms. The normalized spacial score (nSPS) is 21.2. The van der Waals surface area contributed by atoms with Crippen molar-refractivity contribution in [1.29, 1.82) is 0 Å². The molecular weight excluding hydrogens is 489 g/mol. The Morgan fingerprint density at radius 1 is 1.33 bits per heavy atom. The van der Waals surface area contributed by atoms with E-state index < -0.39 is 12.1 Å². The Hall–Kier alpha value is -3.76.